The Balaban J connectivity index is 1.48. The Morgan fingerprint density at radius 3 is 2.50 bits per heavy atom. The van der Waals surface area contributed by atoms with Crippen molar-refractivity contribution in [3.8, 4) is 11.5 Å². The van der Waals surface area contributed by atoms with E-state index in [1.807, 2.05) is 38.1 Å². The molecule has 0 aliphatic carbocycles. The van der Waals surface area contributed by atoms with E-state index in [9.17, 15) is 9.18 Å². The summed E-state index contributed by atoms with van der Waals surface area (Å²) >= 11 is 0. The SMILES string of the molecule is CC(C)C(=O)NC[C@H](c1ccc2c(c1)OCO2)[NH+]1CCN(c2ccc(F)cc2)CC1. The van der Waals surface area contributed by atoms with Crippen LogP contribution >= 0.6 is 0 Å². The zero-order valence-corrected chi connectivity index (χ0v) is 17.5. The lowest BCUT2D eigenvalue weighted by Gasteiger charge is -2.38. The van der Waals surface area contributed by atoms with Gasteiger partial charge < -0.3 is 24.6 Å². The molecule has 2 heterocycles. The zero-order chi connectivity index (χ0) is 21.1. The lowest BCUT2D eigenvalue weighted by molar-refractivity contribution is -0.931. The number of carbonyl (C=O) groups excluding carboxylic acids is 1. The van der Waals surface area contributed by atoms with Crippen LogP contribution in [-0.4, -0.2) is 45.4 Å². The molecule has 6 nitrogen and oxygen atoms in total. The predicted molar refractivity (Wildman–Crippen MR) is 112 cm³/mol. The Morgan fingerprint density at radius 1 is 1.10 bits per heavy atom. The highest BCUT2D eigenvalue weighted by atomic mass is 19.1. The smallest absolute Gasteiger partial charge is 0.231 e. The van der Waals surface area contributed by atoms with Gasteiger partial charge in [-0.3, -0.25) is 4.79 Å². The minimum absolute atomic E-state index is 0.0484. The van der Waals surface area contributed by atoms with Crippen molar-refractivity contribution < 1.29 is 23.6 Å². The summed E-state index contributed by atoms with van der Waals surface area (Å²) in [6.45, 7) is 8.22. The van der Waals surface area contributed by atoms with Gasteiger partial charge in [0.2, 0.25) is 12.7 Å². The van der Waals surface area contributed by atoms with Crippen LogP contribution in [0.5, 0.6) is 11.5 Å². The molecule has 1 atom stereocenters. The van der Waals surface area contributed by atoms with E-state index in [0.29, 0.717) is 6.54 Å². The van der Waals surface area contributed by atoms with Crippen molar-refractivity contribution in [3.63, 3.8) is 0 Å². The first kappa shape index (κ1) is 20.5. The van der Waals surface area contributed by atoms with Gasteiger partial charge in [0.15, 0.2) is 11.5 Å². The maximum absolute atomic E-state index is 13.2. The van der Waals surface area contributed by atoms with Gasteiger partial charge >= 0.3 is 0 Å². The second-order valence-corrected chi connectivity index (χ2v) is 8.19. The van der Waals surface area contributed by atoms with E-state index < -0.39 is 0 Å². The lowest BCUT2D eigenvalue weighted by atomic mass is 10.0. The molecule has 2 aliphatic rings. The largest absolute Gasteiger partial charge is 0.454 e. The summed E-state index contributed by atoms with van der Waals surface area (Å²) in [5, 5.41) is 3.11. The van der Waals surface area contributed by atoms with Crippen LogP contribution in [0.1, 0.15) is 25.5 Å². The molecule has 1 amide bonds. The van der Waals surface area contributed by atoms with Crippen molar-refractivity contribution in [2.24, 2.45) is 5.92 Å². The Labute approximate surface area is 176 Å². The minimum atomic E-state index is -0.216. The van der Waals surface area contributed by atoms with E-state index >= 15 is 0 Å². The Morgan fingerprint density at radius 2 is 1.80 bits per heavy atom. The molecule has 1 saturated heterocycles. The highest BCUT2D eigenvalue weighted by molar-refractivity contribution is 5.77. The molecule has 160 valence electrons. The minimum Gasteiger partial charge on any atom is -0.454 e. The van der Waals surface area contributed by atoms with Crippen LogP contribution in [0.2, 0.25) is 0 Å². The van der Waals surface area contributed by atoms with E-state index in [2.05, 4.69) is 16.3 Å². The van der Waals surface area contributed by atoms with Crippen LogP contribution in [0, 0.1) is 11.7 Å². The average Bonchev–Trinajstić information content (AvgIpc) is 3.23. The van der Waals surface area contributed by atoms with Gasteiger partial charge in [0.05, 0.1) is 32.7 Å². The number of ether oxygens (including phenoxy) is 2. The summed E-state index contributed by atoms with van der Waals surface area (Å²) in [4.78, 5) is 15.9. The van der Waals surface area contributed by atoms with Gasteiger partial charge in [0, 0.05) is 17.2 Å². The number of anilines is 1. The third-order valence-corrected chi connectivity index (χ3v) is 5.89. The number of fused-ring (bicyclic) bond motifs is 1. The summed E-state index contributed by atoms with van der Waals surface area (Å²) in [5.74, 6) is 1.32. The van der Waals surface area contributed by atoms with Gasteiger partial charge in [0.1, 0.15) is 11.9 Å². The van der Waals surface area contributed by atoms with Gasteiger partial charge in [0.25, 0.3) is 0 Å². The fraction of sp³-hybridized carbons (Fsp3) is 0.435. The number of amides is 1. The second-order valence-electron chi connectivity index (χ2n) is 8.19. The molecule has 7 heteroatoms. The molecule has 0 unspecified atom stereocenters. The van der Waals surface area contributed by atoms with Crippen molar-refractivity contribution >= 4 is 11.6 Å². The average molecular weight is 415 g/mol. The molecule has 0 aromatic heterocycles. The van der Waals surface area contributed by atoms with Gasteiger partial charge in [-0.25, -0.2) is 4.39 Å². The molecule has 2 aromatic rings. The molecule has 0 radical (unpaired) electrons. The van der Waals surface area contributed by atoms with Gasteiger partial charge in [-0.05, 0) is 42.5 Å². The molecule has 0 bridgehead atoms. The number of benzene rings is 2. The van der Waals surface area contributed by atoms with Crippen molar-refractivity contribution in [3.05, 3.63) is 53.8 Å². The van der Waals surface area contributed by atoms with Crippen LogP contribution in [0.25, 0.3) is 0 Å². The van der Waals surface area contributed by atoms with Crippen LogP contribution in [-0.2, 0) is 4.79 Å². The molecule has 30 heavy (non-hydrogen) atoms. The summed E-state index contributed by atoms with van der Waals surface area (Å²) in [6, 6.07) is 12.8. The molecule has 2 aromatic carbocycles. The van der Waals surface area contributed by atoms with Gasteiger partial charge in [-0.2, -0.15) is 0 Å². The van der Waals surface area contributed by atoms with E-state index in [4.69, 9.17) is 9.47 Å². The lowest BCUT2D eigenvalue weighted by Crippen LogP contribution is -3.15. The van der Waals surface area contributed by atoms with Crippen LogP contribution in [0.4, 0.5) is 10.1 Å². The zero-order valence-electron chi connectivity index (χ0n) is 17.5. The fourth-order valence-electron chi connectivity index (χ4n) is 4.09. The second kappa shape index (κ2) is 8.92. The maximum atomic E-state index is 13.2. The monoisotopic (exact) mass is 414 g/mol. The number of nitrogens with one attached hydrogen (secondary N) is 2. The molecule has 0 saturated carbocycles. The third kappa shape index (κ3) is 4.51. The molecule has 4 rings (SSSR count). The molecule has 1 fully saturated rings. The maximum Gasteiger partial charge on any atom is 0.231 e. The first-order chi connectivity index (χ1) is 14.5. The number of halogens is 1. The number of hydrogen-bond acceptors (Lipinski definition) is 4. The predicted octanol–water partition coefficient (Wildman–Crippen LogP) is 1.77. The number of nitrogens with zero attached hydrogens (tertiary/aromatic N) is 1. The highest BCUT2D eigenvalue weighted by Crippen LogP contribution is 2.33. The Hall–Kier alpha value is -2.80. The summed E-state index contributed by atoms with van der Waals surface area (Å²) < 4.78 is 24.2. The van der Waals surface area contributed by atoms with E-state index in [1.165, 1.54) is 17.0 Å². The Bertz CT molecular complexity index is 880. The molecule has 2 aliphatic heterocycles. The number of quaternary nitrogens is 1. The van der Waals surface area contributed by atoms with Crippen LogP contribution in [0.3, 0.4) is 0 Å². The van der Waals surface area contributed by atoms with Crippen molar-refractivity contribution in [1.82, 2.24) is 5.32 Å². The van der Waals surface area contributed by atoms with Gasteiger partial charge in [-0.1, -0.05) is 13.8 Å². The first-order valence-electron chi connectivity index (χ1n) is 10.5. The molecular formula is C23H29FN3O3+. The molecule has 0 spiro atoms. The summed E-state index contributed by atoms with van der Waals surface area (Å²) in [5.41, 5.74) is 2.18. The third-order valence-electron chi connectivity index (χ3n) is 5.89. The van der Waals surface area contributed by atoms with E-state index in [0.717, 1.165) is 48.9 Å². The topological polar surface area (TPSA) is 55.2 Å². The standard InChI is InChI=1S/C23H28FN3O3/c1-16(2)23(28)25-14-20(17-3-8-21-22(13-17)30-15-29-21)27-11-9-26(10-12-27)19-6-4-18(24)5-7-19/h3-8,13,16,20H,9-12,14-15H2,1-2H3,(H,25,28)/p+1/t20-/m1/s1. The van der Waals surface area contributed by atoms with Crippen LogP contribution < -0.4 is 24.6 Å². The Kier molecular flexibility index (Phi) is 6.08. The number of rotatable bonds is 6. The van der Waals surface area contributed by atoms with Crippen molar-refractivity contribution in [1.29, 1.82) is 0 Å². The van der Waals surface area contributed by atoms with Crippen molar-refractivity contribution in [2.75, 3.05) is 44.4 Å². The van der Waals surface area contributed by atoms with E-state index in [1.54, 1.807) is 0 Å². The highest BCUT2D eigenvalue weighted by Gasteiger charge is 2.30. The molecule has 2 N–H and O–H groups in total. The summed E-state index contributed by atoms with van der Waals surface area (Å²) in [7, 11) is 0. The molecular weight excluding hydrogens is 385 g/mol. The quantitative estimate of drug-likeness (QED) is 0.757. The summed E-state index contributed by atoms with van der Waals surface area (Å²) in [6.07, 6.45) is 0. The van der Waals surface area contributed by atoms with E-state index in [-0.39, 0.29) is 30.5 Å². The first-order valence-corrected chi connectivity index (χ1v) is 10.5. The number of hydrogen-bond donors (Lipinski definition) is 2. The number of carbonyl (C=O) groups is 1. The van der Waals surface area contributed by atoms with Crippen molar-refractivity contribution in [2.45, 2.75) is 19.9 Å². The number of piperazine rings is 1. The van der Waals surface area contributed by atoms with Gasteiger partial charge in [-0.15, -0.1) is 0 Å². The van der Waals surface area contributed by atoms with Crippen LogP contribution in [0.15, 0.2) is 42.5 Å². The fourth-order valence-corrected chi connectivity index (χ4v) is 4.09. The normalized spacial score (nSPS) is 17.3.